The summed E-state index contributed by atoms with van der Waals surface area (Å²) in [6.45, 7) is 2.43. The summed E-state index contributed by atoms with van der Waals surface area (Å²) < 4.78 is 26.2. The van der Waals surface area contributed by atoms with Gasteiger partial charge in [-0.15, -0.1) is 0 Å². The Kier molecular flexibility index (Phi) is 5.02. The zero-order valence-electron chi connectivity index (χ0n) is 9.41. The van der Waals surface area contributed by atoms with Gasteiger partial charge in [-0.25, -0.2) is 13.1 Å². The molecule has 1 atom stereocenters. The topological polar surface area (TPSA) is 72.2 Å². The molecule has 5 heteroatoms. The highest BCUT2D eigenvalue weighted by Gasteiger charge is 2.28. The quantitative estimate of drug-likeness (QED) is 0.719. The lowest BCUT2D eigenvalue weighted by Gasteiger charge is -2.15. The minimum atomic E-state index is -3.10. The average Bonchev–Trinajstić information content (AvgIpc) is 2.69. The molecular formula is C10H22N2O2S. The van der Waals surface area contributed by atoms with E-state index in [9.17, 15) is 8.42 Å². The van der Waals surface area contributed by atoms with Crippen molar-refractivity contribution in [2.45, 2.75) is 56.7 Å². The van der Waals surface area contributed by atoms with Crippen molar-refractivity contribution in [3.63, 3.8) is 0 Å². The van der Waals surface area contributed by atoms with Gasteiger partial charge in [-0.1, -0.05) is 26.2 Å². The van der Waals surface area contributed by atoms with Gasteiger partial charge in [0.25, 0.3) is 0 Å². The number of nitrogens with one attached hydrogen (secondary N) is 1. The van der Waals surface area contributed by atoms with Crippen molar-refractivity contribution in [1.82, 2.24) is 4.72 Å². The maximum Gasteiger partial charge on any atom is 0.214 e. The van der Waals surface area contributed by atoms with Gasteiger partial charge in [0.2, 0.25) is 10.0 Å². The maximum absolute atomic E-state index is 11.8. The van der Waals surface area contributed by atoms with Gasteiger partial charge in [0.15, 0.2) is 0 Å². The van der Waals surface area contributed by atoms with Gasteiger partial charge in [0.05, 0.1) is 5.25 Å². The third-order valence-electron chi connectivity index (χ3n) is 2.95. The van der Waals surface area contributed by atoms with E-state index < -0.39 is 10.0 Å². The molecule has 0 saturated heterocycles. The second kappa shape index (κ2) is 5.82. The lowest BCUT2D eigenvalue weighted by atomic mass is 10.2. The normalized spacial score (nSPS) is 20.7. The van der Waals surface area contributed by atoms with Gasteiger partial charge in [-0.3, -0.25) is 0 Å². The molecule has 1 unspecified atom stereocenters. The van der Waals surface area contributed by atoms with Gasteiger partial charge in [-0.05, 0) is 19.3 Å². The Morgan fingerprint density at radius 2 is 2.00 bits per heavy atom. The first-order valence-corrected chi connectivity index (χ1v) is 7.35. The molecule has 0 aromatic heterocycles. The summed E-state index contributed by atoms with van der Waals surface area (Å²) in [5.41, 5.74) is 5.76. The second-order valence-corrected chi connectivity index (χ2v) is 6.39. The van der Waals surface area contributed by atoms with E-state index in [4.69, 9.17) is 5.73 Å². The van der Waals surface area contributed by atoms with E-state index in [0.717, 1.165) is 38.5 Å². The van der Waals surface area contributed by atoms with Crippen LogP contribution < -0.4 is 10.5 Å². The standard InChI is InChI=1S/C10H22N2O2S/c1-2-5-9(11)8-12-15(13,14)10-6-3-4-7-10/h9-10,12H,2-8,11H2,1H3. The largest absolute Gasteiger partial charge is 0.327 e. The van der Waals surface area contributed by atoms with Gasteiger partial charge in [0.1, 0.15) is 0 Å². The molecule has 4 nitrogen and oxygen atoms in total. The van der Waals surface area contributed by atoms with Gasteiger partial charge in [0, 0.05) is 12.6 Å². The monoisotopic (exact) mass is 234 g/mol. The third-order valence-corrected chi connectivity index (χ3v) is 4.87. The maximum atomic E-state index is 11.8. The minimum Gasteiger partial charge on any atom is -0.327 e. The highest BCUT2D eigenvalue weighted by molar-refractivity contribution is 7.90. The molecular weight excluding hydrogens is 212 g/mol. The molecule has 0 radical (unpaired) electrons. The summed E-state index contributed by atoms with van der Waals surface area (Å²) in [7, 11) is -3.10. The molecule has 15 heavy (non-hydrogen) atoms. The van der Waals surface area contributed by atoms with Crippen molar-refractivity contribution in [3.8, 4) is 0 Å². The predicted octanol–water partition coefficient (Wildman–Crippen LogP) is 0.976. The van der Waals surface area contributed by atoms with Crippen LogP contribution in [-0.2, 0) is 10.0 Å². The Bertz CT molecular complexity index is 271. The first kappa shape index (κ1) is 12.9. The fourth-order valence-electron chi connectivity index (χ4n) is 2.01. The van der Waals surface area contributed by atoms with Crippen LogP contribution in [0.15, 0.2) is 0 Å². The van der Waals surface area contributed by atoms with Gasteiger partial charge < -0.3 is 5.73 Å². The van der Waals surface area contributed by atoms with E-state index in [1.54, 1.807) is 0 Å². The first-order chi connectivity index (χ1) is 7.06. The first-order valence-electron chi connectivity index (χ1n) is 5.80. The summed E-state index contributed by atoms with van der Waals surface area (Å²) >= 11 is 0. The summed E-state index contributed by atoms with van der Waals surface area (Å²) in [5, 5.41) is -0.175. The molecule has 0 aliphatic heterocycles. The molecule has 1 aliphatic carbocycles. The van der Waals surface area contributed by atoms with E-state index in [1.165, 1.54) is 0 Å². The Morgan fingerprint density at radius 1 is 1.40 bits per heavy atom. The van der Waals surface area contributed by atoms with Crippen LogP contribution in [0.25, 0.3) is 0 Å². The highest BCUT2D eigenvalue weighted by Crippen LogP contribution is 2.23. The SMILES string of the molecule is CCCC(N)CNS(=O)(=O)C1CCCC1. The fourth-order valence-corrected chi connectivity index (χ4v) is 3.65. The van der Waals surface area contributed by atoms with Crippen molar-refractivity contribution >= 4 is 10.0 Å². The molecule has 90 valence electrons. The summed E-state index contributed by atoms with van der Waals surface area (Å²) in [6.07, 6.45) is 5.54. The molecule has 1 aliphatic rings. The van der Waals surface area contributed by atoms with Crippen LogP contribution in [-0.4, -0.2) is 26.3 Å². The van der Waals surface area contributed by atoms with Crippen molar-refractivity contribution in [3.05, 3.63) is 0 Å². The van der Waals surface area contributed by atoms with Crippen LogP contribution in [0.4, 0.5) is 0 Å². The lowest BCUT2D eigenvalue weighted by Crippen LogP contribution is -2.40. The Balaban J connectivity index is 2.35. The molecule has 1 saturated carbocycles. The number of hydrogen-bond acceptors (Lipinski definition) is 3. The van der Waals surface area contributed by atoms with E-state index in [1.807, 2.05) is 6.92 Å². The van der Waals surface area contributed by atoms with E-state index in [-0.39, 0.29) is 11.3 Å². The smallest absolute Gasteiger partial charge is 0.214 e. The molecule has 0 aromatic carbocycles. The van der Waals surface area contributed by atoms with Crippen LogP contribution in [0.3, 0.4) is 0 Å². The zero-order valence-corrected chi connectivity index (χ0v) is 10.2. The van der Waals surface area contributed by atoms with Crippen LogP contribution >= 0.6 is 0 Å². The van der Waals surface area contributed by atoms with Gasteiger partial charge >= 0.3 is 0 Å². The van der Waals surface area contributed by atoms with Crippen molar-refractivity contribution in [2.24, 2.45) is 5.73 Å². The fraction of sp³-hybridized carbons (Fsp3) is 1.00. The second-order valence-electron chi connectivity index (χ2n) is 4.35. The molecule has 1 fully saturated rings. The predicted molar refractivity (Wildman–Crippen MR) is 62.1 cm³/mol. The molecule has 0 amide bonds. The molecule has 0 bridgehead atoms. The number of rotatable bonds is 6. The summed E-state index contributed by atoms with van der Waals surface area (Å²) in [4.78, 5) is 0. The van der Waals surface area contributed by atoms with Crippen LogP contribution in [0, 0.1) is 0 Å². The molecule has 0 heterocycles. The Hall–Kier alpha value is -0.130. The highest BCUT2D eigenvalue weighted by atomic mass is 32.2. The molecule has 3 N–H and O–H groups in total. The summed E-state index contributed by atoms with van der Waals surface area (Å²) in [5.74, 6) is 0. The van der Waals surface area contributed by atoms with Crippen LogP contribution in [0.5, 0.6) is 0 Å². The van der Waals surface area contributed by atoms with Crippen LogP contribution in [0.2, 0.25) is 0 Å². The Labute approximate surface area is 92.7 Å². The molecule has 0 spiro atoms. The van der Waals surface area contributed by atoms with Crippen molar-refractivity contribution < 1.29 is 8.42 Å². The van der Waals surface area contributed by atoms with Crippen LogP contribution in [0.1, 0.15) is 45.4 Å². The molecule has 1 rings (SSSR count). The zero-order chi connectivity index (χ0) is 11.3. The molecule has 0 aromatic rings. The average molecular weight is 234 g/mol. The van der Waals surface area contributed by atoms with Crippen molar-refractivity contribution in [1.29, 1.82) is 0 Å². The van der Waals surface area contributed by atoms with E-state index >= 15 is 0 Å². The van der Waals surface area contributed by atoms with Crippen molar-refractivity contribution in [2.75, 3.05) is 6.54 Å². The summed E-state index contributed by atoms with van der Waals surface area (Å²) in [6, 6.07) is -0.0498. The third kappa shape index (κ3) is 4.09. The van der Waals surface area contributed by atoms with E-state index in [2.05, 4.69) is 4.72 Å². The lowest BCUT2D eigenvalue weighted by molar-refractivity contribution is 0.541. The van der Waals surface area contributed by atoms with Gasteiger partial charge in [-0.2, -0.15) is 0 Å². The van der Waals surface area contributed by atoms with E-state index in [0.29, 0.717) is 6.54 Å². The minimum absolute atomic E-state index is 0.0498. The number of nitrogens with two attached hydrogens (primary N) is 1. The number of sulfonamides is 1. The number of hydrogen-bond donors (Lipinski definition) is 2. The Morgan fingerprint density at radius 3 is 2.53 bits per heavy atom.